The Kier molecular flexibility index (Phi) is 4.83. The van der Waals surface area contributed by atoms with Crippen molar-refractivity contribution in [1.82, 2.24) is 14.5 Å². The highest BCUT2D eigenvalue weighted by Crippen LogP contribution is 2.23. The Labute approximate surface area is 138 Å². The fourth-order valence-corrected chi connectivity index (χ4v) is 2.94. The molecule has 0 aliphatic heterocycles. The number of imidazole rings is 1. The van der Waals surface area contributed by atoms with Gasteiger partial charge in [-0.05, 0) is 36.9 Å². The number of carbonyl (C=O) groups is 1. The number of aryl methyl sites for hydroxylation is 2. The molecular weight excluding hydrogens is 310 g/mol. The summed E-state index contributed by atoms with van der Waals surface area (Å²) in [6.07, 6.45) is 6.12. The first kappa shape index (κ1) is 15.4. The monoisotopic (exact) mass is 327 g/mol. The number of carbonyl (C=O) groups excluding carboxylic acids is 1. The first-order valence-corrected chi connectivity index (χ1v) is 8.26. The molecule has 0 unspecified atom stereocenters. The molecule has 0 bridgehead atoms. The summed E-state index contributed by atoms with van der Waals surface area (Å²) in [7, 11) is 0. The zero-order valence-corrected chi connectivity index (χ0v) is 13.6. The summed E-state index contributed by atoms with van der Waals surface area (Å²) >= 11 is 1.63. The minimum atomic E-state index is -0.321. The van der Waals surface area contributed by atoms with E-state index < -0.39 is 0 Å². The molecule has 0 atom stereocenters. The van der Waals surface area contributed by atoms with Crippen molar-refractivity contribution in [3.05, 3.63) is 59.6 Å². The van der Waals surface area contributed by atoms with E-state index in [4.69, 9.17) is 4.74 Å². The van der Waals surface area contributed by atoms with E-state index in [-0.39, 0.29) is 5.97 Å². The number of rotatable bonds is 6. The predicted octanol–water partition coefficient (Wildman–Crippen LogP) is 3.56. The van der Waals surface area contributed by atoms with Crippen LogP contribution in [0, 0.1) is 6.92 Å². The summed E-state index contributed by atoms with van der Waals surface area (Å²) in [5.41, 5.74) is 2.10. The highest BCUT2D eigenvalue weighted by atomic mass is 32.1. The highest BCUT2D eigenvalue weighted by Gasteiger charge is 2.13. The molecule has 3 aromatic rings. The van der Waals surface area contributed by atoms with Gasteiger partial charge in [-0.3, -0.25) is 4.98 Å². The van der Waals surface area contributed by atoms with Gasteiger partial charge in [0.25, 0.3) is 0 Å². The molecule has 0 aliphatic rings. The van der Waals surface area contributed by atoms with Crippen molar-refractivity contribution in [2.24, 2.45) is 0 Å². The molecule has 118 valence electrons. The topological polar surface area (TPSA) is 57.0 Å². The van der Waals surface area contributed by atoms with E-state index in [1.165, 1.54) is 0 Å². The lowest BCUT2D eigenvalue weighted by Gasteiger charge is -2.08. The molecular formula is C17H17N3O2S. The van der Waals surface area contributed by atoms with Crippen LogP contribution in [0.5, 0.6) is 0 Å². The maximum Gasteiger partial charge on any atom is 0.339 e. The number of esters is 1. The van der Waals surface area contributed by atoms with E-state index in [0.717, 1.165) is 23.5 Å². The van der Waals surface area contributed by atoms with Crippen molar-refractivity contribution < 1.29 is 9.53 Å². The van der Waals surface area contributed by atoms with Crippen LogP contribution in [0.25, 0.3) is 10.6 Å². The standard InChI is InChI=1S/C17H17N3O2S/c1-13-14(5-6-15(19-13)16-4-2-11-23-16)17(21)22-10-3-8-20-9-7-18-12-20/h2,4-7,9,11-12H,3,8,10H2,1H3. The van der Waals surface area contributed by atoms with E-state index in [0.29, 0.717) is 17.9 Å². The lowest BCUT2D eigenvalue weighted by Crippen LogP contribution is -2.10. The van der Waals surface area contributed by atoms with Crippen LogP contribution < -0.4 is 0 Å². The predicted molar refractivity (Wildman–Crippen MR) is 89.4 cm³/mol. The first-order chi connectivity index (χ1) is 11.2. The van der Waals surface area contributed by atoms with E-state index in [2.05, 4.69) is 9.97 Å². The van der Waals surface area contributed by atoms with Gasteiger partial charge in [0.15, 0.2) is 0 Å². The molecule has 0 N–H and O–H groups in total. The average molecular weight is 327 g/mol. The molecule has 0 aliphatic carbocycles. The molecule has 0 saturated carbocycles. The SMILES string of the molecule is Cc1nc(-c2cccs2)ccc1C(=O)OCCCn1ccnc1. The first-order valence-electron chi connectivity index (χ1n) is 7.38. The van der Waals surface area contributed by atoms with Gasteiger partial charge in [0.2, 0.25) is 0 Å². The molecule has 6 heteroatoms. The summed E-state index contributed by atoms with van der Waals surface area (Å²) < 4.78 is 7.28. The van der Waals surface area contributed by atoms with Crippen molar-refractivity contribution >= 4 is 17.3 Å². The van der Waals surface area contributed by atoms with Gasteiger partial charge in [-0.15, -0.1) is 11.3 Å². The molecule has 3 aromatic heterocycles. The minimum Gasteiger partial charge on any atom is -0.462 e. The van der Waals surface area contributed by atoms with Crippen molar-refractivity contribution in [2.75, 3.05) is 6.61 Å². The second-order valence-corrected chi connectivity index (χ2v) is 6.04. The second kappa shape index (κ2) is 7.19. The quantitative estimate of drug-likeness (QED) is 0.513. The van der Waals surface area contributed by atoms with Crippen molar-refractivity contribution in [1.29, 1.82) is 0 Å². The smallest absolute Gasteiger partial charge is 0.339 e. The average Bonchev–Trinajstić information content (AvgIpc) is 3.24. The van der Waals surface area contributed by atoms with Crippen LogP contribution in [0.15, 0.2) is 48.4 Å². The Bertz CT molecular complexity index is 767. The fourth-order valence-electron chi connectivity index (χ4n) is 2.25. The zero-order chi connectivity index (χ0) is 16.1. The molecule has 0 spiro atoms. The van der Waals surface area contributed by atoms with Gasteiger partial charge in [-0.1, -0.05) is 6.07 Å². The Morgan fingerprint density at radius 1 is 1.35 bits per heavy atom. The third-order valence-corrected chi connectivity index (χ3v) is 4.32. The van der Waals surface area contributed by atoms with Gasteiger partial charge >= 0.3 is 5.97 Å². The molecule has 3 rings (SSSR count). The summed E-state index contributed by atoms with van der Waals surface area (Å²) in [5.74, 6) is -0.321. The van der Waals surface area contributed by atoms with Gasteiger partial charge < -0.3 is 9.30 Å². The van der Waals surface area contributed by atoms with Gasteiger partial charge in [0.05, 0.1) is 34.8 Å². The van der Waals surface area contributed by atoms with Crippen LogP contribution in [-0.4, -0.2) is 27.1 Å². The molecule has 3 heterocycles. The number of ether oxygens (including phenoxy) is 1. The normalized spacial score (nSPS) is 10.7. The maximum absolute atomic E-state index is 12.1. The number of thiophene rings is 1. The van der Waals surface area contributed by atoms with Crippen LogP contribution in [0.1, 0.15) is 22.5 Å². The molecule has 5 nitrogen and oxygen atoms in total. The van der Waals surface area contributed by atoms with E-state index in [9.17, 15) is 4.79 Å². The van der Waals surface area contributed by atoms with E-state index in [1.54, 1.807) is 29.9 Å². The number of hydrogen-bond acceptors (Lipinski definition) is 5. The summed E-state index contributed by atoms with van der Waals surface area (Å²) in [6, 6.07) is 7.65. The van der Waals surface area contributed by atoms with Crippen molar-refractivity contribution in [2.45, 2.75) is 19.9 Å². The van der Waals surface area contributed by atoms with Gasteiger partial charge in [0, 0.05) is 18.9 Å². The number of pyridine rings is 1. The van der Waals surface area contributed by atoms with Gasteiger partial charge in [-0.25, -0.2) is 9.78 Å². The third kappa shape index (κ3) is 3.84. The van der Waals surface area contributed by atoms with Crippen LogP contribution in [0.3, 0.4) is 0 Å². The lowest BCUT2D eigenvalue weighted by atomic mass is 10.1. The largest absolute Gasteiger partial charge is 0.462 e. The second-order valence-electron chi connectivity index (χ2n) is 5.10. The molecule has 0 saturated heterocycles. The Morgan fingerprint density at radius 3 is 2.96 bits per heavy atom. The number of aromatic nitrogens is 3. The van der Waals surface area contributed by atoms with Crippen molar-refractivity contribution in [3.8, 4) is 10.6 Å². The number of nitrogens with zero attached hydrogens (tertiary/aromatic N) is 3. The molecule has 0 fully saturated rings. The molecule has 0 amide bonds. The van der Waals surface area contributed by atoms with Crippen LogP contribution in [0.2, 0.25) is 0 Å². The zero-order valence-electron chi connectivity index (χ0n) is 12.8. The van der Waals surface area contributed by atoms with Crippen LogP contribution in [0.4, 0.5) is 0 Å². The summed E-state index contributed by atoms with van der Waals surface area (Å²) in [5, 5.41) is 2.01. The molecule has 0 aromatic carbocycles. The van der Waals surface area contributed by atoms with Gasteiger partial charge in [-0.2, -0.15) is 0 Å². The van der Waals surface area contributed by atoms with E-state index in [1.807, 2.05) is 41.3 Å². The summed E-state index contributed by atoms with van der Waals surface area (Å²) in [4.78, 5) is 21.7. The molecule has 23 heavy (non-hydrogen) atoms. The maximum atomic E-state index is 12.1. The Balaban J connectivity index is 1.56. The van der Waals surface area contributed by atoms with Crippen LogP contribution in [-0.2, 0) is 11.3 Å². The van der Waals surface area contributed by atoms with Crippen LogP contribution >= 0.6 is 11.3 Å². The van der Waals surface area contributed by atoms with E-state index >= 15 is 0 Å². The fraction of sp³-hybridized carbons (Fsp3) is 0.235. The number of hydrogen-bond donors (Lipinski definition) is 0. The van der Waals surface area contributed by atoms with Gasteiger partial charge in [0.1, 0.15) is 0 Å². The Hall–Kier alpha value is -2.47. The highest BCUT2D eigenvalue weighted by molar-refractivity contribution is 7.13. The lowest BCUT2D eigenvalue weighted by molar-refractivity contribution is 0.0494. The summed E-state index contributed by atoms with van der Waals surface area (Å²) in [6.45, 7) is 2.99. The Morgan fingerprint density at radius 2 is 2.26 bits per heavy atom. The molecule has 0 radical (unpaired) electrons. The van der Waals surface area contributed by atoms with Crippen molar-refractivity contribution in [3.63, 3.8) is 0 Å². The third-order valence-electron chi connectivity index (χ3n) is 3.43. The minimum absolute atomic E-state index is 0.321.